The van der Waals surface area contributed by atoms with Crippen molar-refractivity contribution in [3.8, 4) is 0 Å². The third-order valence-corrected chi connectivity index (χ3v) is 5.26. The molecule has 5 nitrogen and oxygen atoms in total. The Morgan fingerprint density at radius 3 is 2.75 bits per heavy atom. The molecule has 0 aliphatic heterocycles. The first-order chi connectivity index (χ1) is 11.2. The molecule has 0 saturated heterocycles. The van der Waals surface area contributed by atoms with Crippen molar-refractivity contribution in [1.29, 1.82) is 0 Å². The minimum Gasteiger partial charge on any atom is -0.353 e. The van der Waals surface area contributed by atoms with Crippen molar-refractivity contribution in [3.05, 3.63) is 18.0 Å². The van der Waals surface area contributed by atoms with Gasteiger partial charge in [0.15, 0.2) is 5.96 Å². The van der Waals surface area contributed by atoms with Gasteiger partial charge >= 0.3 is 0 Å². The fourth-order valence-corrected chi connectivity index (χ4v) is 3.96. The van der Waals surface area contributed by atoms with Crippen LogP contribution in [-0.2, 0) is 13.6 Å². The molecule has 0 spiro atoms. The Balaban J connectivity index is 0.00000208. The summed E-state index contributed by atoms with van der Waals surface area (Å²) in [5.74, 6) is 2.87. The van der Waals surface area contributed by atoms with Gasteiger partial charge < -0.3 is 10.2 Å². The number of aliphatic imine (C=N–C) groups is 1. The summed E-state index contributed by atoms with van der Waals surface area (Å²) in [5, 5.41) is 7.97. The Kier molecular flexibility index (Phi) is 7.37. The van der Waals surface area contributed by atoms with Gasteiger partial charge in [0.2, 0.25) is 0 Å². The number of aryl methyl sites for hydroxylation is 1. The monoisotopic (exact) mass is 445 g/mol. The lowest BCUT2D eigenvalue weighted by atomic mass is 9.85. The Labute approximate surface area is 163 Å². The minimum atomic E-state index is 0. The van der Waals surface area contributed by atoms with E-state index >= 15 is 0 Å². The molecule has 1 aromatic heterocycles. The van der Waals surface area contributed by atoms with Crippen LogP contribution in [0, 0.1) is 11.8 Å². The predicted octanol–water partition coefficient (Wildman–Crippen LogP) is 3.40. The molecule has 2 aliphatic rings. The van der Waals surface area contributed by atoms with E-state index < -0.39 is 0 Å². The lowest BCUT2D eigenvalue weighted by molar-refractivity contribution is 0.314. The van der Waals surface area contributed by atoms with Gasteiger partial charge in [-0.15, -0.1) is 24.0 Å². The first-order valence-electron chi connectivity index (χ1n) is 9.17. The maximum Gasteiger partial charge on any atom is 0.194 e. The zero-order chi connectivity index (χ0) is 16.2. The van der Waals surface area contributed by atoms with Crippen molar-refractivity contribution in [1.82, 2.24) is 20.0 Å². The summed E-state index contributed by atoms with van der Waals surface area (Å²) < 4.78 is 1.85. The molecule has 1 N–H and O–H groups in total. The van der Waals surface area contributed by atoms with Gasteiger partial charge in [-0.25, -0.2) is 0 Å². The highest BCUT2D eigenvalue weighted by Crippen LogP contribution is 2.44. The summed E-state index contributed by atoms with van der Waals surface area (Å²) in [6.45, 7) is 3.77. The molecule has 2 fully saturated rings. The third-order valence-electron chi connectivity index (χ3n) is 5.26. The van der Waals surface area contributed by atoms with Gasteiger partial charge in [-0.05, 0) is 25.2 Å². The average Bonchev–Trinajstić information content (AvgIpc) is 3.21. The topological polar surface area (TPSA) is 45.5 Å². The van der Waals surface area contributed by atoms with Crippen LogP contribution in [0.3, 0.4) is 0 Å². The molecule has 2 saturated carbocycles. The SMILES string of the molecule is CCN=C(NC1CC1C1CCCCC1)N(C)Cc1cnn(C)c1.I. The van der Waals surface area contributed by atoms with Crippen LogP contribution in [-0.4, -0.2) is 40.3 Å². The Hall–Kier alpha value is -0.790. The van der Waals surface area contributed by atoms with E-state index in [1.165, 1.54) is 44.1 Å². The van der Waals surface area contributed by atoms with E-state index in [0.717, 1.165) is 30.9 Å². The predicted molar refractivity (Wildman–Crippen MR) is 110 cm³/mol. The highest BCUT2D eigenvalue weighted by molar-refractivity contribution is 14.0. The van der Waals surface area contributed by atoms with Crippen molar-refractivity contribution in [2.45, 2.75) is 58.0 Å². The van der Waals surface area contributed by atoms with Gasteiger partial charge in [-0.2, -0.15) is 5.10 Å². The number of aromatic nitrogens is 2. The average molecular weight is 445 g/mol. The zero-order valence-corrected chi connectivity index (χ0v) is 17.6. The minimum absolute atomic E-state index is 0. The van der Waals surface area contributed by atoms with E-state index in [4.69, 9.17) is 4.99 Å². The second-order valence-electron chi connectivity index (χ2n) is 7.22. The van der Waals surface area contributed by atoms with Crippen molar-refractivity contribution in [2.75, 3.05) is 13.6 Å². The van der Waals surface area contributed by atoms with Crippen molar-refractivity contribution < 1.29 is 0 Å². The van der Waals surface area contributed by atoms with Gasteiger partial charge in [-0.1, -0.05) is 32.1 Å². The van der Waals surface area contributed by atoms with Crippen LogP contribution in [0.2, 0.25) is 0 Å². The number of guanidine groups is 1. The molecule has 0 radical (unpaired) electrons. The number of nitrogens with one attached hydrogen (secondary N) is 1. The van der Waals surface area contributed by atoms with E-state index in [9.17, 15) is 0 Å². The maximum atomic E-state index is 4.69. The summed E-state index contributed by atoms with van der Waals surface area (Å²) in [6, 6.07) is 0.639. The van der Waals surface area contributed by atoms with E-state index in [1.54, 1.807) is 0 Å². The molecule has 6 heteroatoms. The molecule has 2 unspecified atom stereocenters. The van der Waals surface area contributed by atoms with Crippen LogP contribution >= 0.6 is 24.0 Å². The van der Waals surface area contributed by atoms with Crippen LogP contribution in [0.4, 0.5) is 0 Å². The van der Waals surface area contributed by atoms with Crippen molar-refractivity contribution in [3.63, 3.8) is 0 Å². The maximum absolute atomic E-state index is 4.69. The molecule has 136 valence electrons. The second-order valence-corrected chi connectivity index (χ2v) is 7.22. The summed E-state index contributed by atoms with van der Waals surface area (Å²) in [5.41, 5.74) is 1.22. The fraction of sp³-hybridized carbons (Fsp3) is 0.778. The van der Waals surface area contributed by atoms with Crippen LogP contribution in [0.1, 0.15) is 51.0 Å². The fourth-order valence-electron chi connectivity index (χ4n) is 3.96. The molecular formula is C18H32IN5. The molecule has 3 rings (SSSR count). The lowest BCUT2D eigenvalue weighted by Crippen LogP contribution is -2.40. The molecule has 1 aromatic rings. The standard InChI is InChI=1S/C18H31N5.HI/c1-4-19-18(22(2)12-14-11-20-23(3)13-14)21-17-10-16(17)15-8-6-5-7-9-15;/h11,13,15-17H,4-10,12H2,1-3H3,(H,19,21);1H. The number of rotatable bonds is 5. The number of hydrogen-bond donors (Lipinski definition) is 1. The van der Waals surface area contributed by atoms with Crippen molar-refractivity contribution >= 4 is 29.9 Å². The molecule has 2 atom stereocenters. The summed E-state index contributed by atoms with van der Waals surface area (Å²) in [7, 11) is 4.08. The van der Waals surface area contributed by atoms with Gasteiger partial charge in [0.25, 0.3) is 0 Å². The van der Waals surface area contributed by atoms with Crippen LogP contribution in [0.5, 0.6) is 0 Å². The molecule has 2 aliphatic carbocycles. The first kappa shape index (κ1) is 19.5. The summed E-state index contributed by atoms with van der Waals surface area (Å²) in [6.07, 6.45) is 12.5. The second kappa shape index (κ2) is 9.06. The van der Waals surface area contributed by atoms with Gasteiger partial charge in [0, 0.05) is 45.0 Å². The highest BCUT2D eigenvalue weighted by atomic mass is 127. The molecule has 0 bridgehead atoms. The van der Waals surface area contributed by atoms with Crippen LogP contribution in [0.25, 0.3) is 0 Å². The van der Waals surface area contributed by atoms with Crippen molar-refractivity contribution in [2.24, 2.45) is 23.9 Å². The lowest BCUT2D eigenvalue weighted by Gasteiger charge is -2.24. The molecular weight excluding hydrogens is 413 g/mol. The number of nitrogens with zero attached hydrogens (tertiary/aromatic N) is 4. The largest absolute Gasteiger partial charge is 0.353 e. The smallest absolute Gasteiger partial charge is 0.194 e. The zero-order valence-electron chi connectivity index (χ0n) is 15.2. The Morgan fingerprint density at radius 1 is 1.38 bits per heavy atom. The van der Waals surface area contributed by atoms with Crippen LogP contribution < -0.4 is 5.32 Å². The first-order valence-corrected chi connectivity index (χ1v) is 9.17. The normalized spacial score (nSPS) is 24.4. The summed E-state index contributed by atoms with van der Waals surface area (Å²) in [4.78, 5) is 6.91. The number of halogens is 1. The molecule has 0 amide bonds. The van der Waals surface area contributed by atoms with E-state index in [1.807, 2.05) is 17.9 Å². The van der Waals surface area contributed by atoms with Gasteiger partial charge in [0.05, 0.1) is 6.20 Å². The Bertz CT molecular complexity index is 535. The molecule has 1 heterocycles. The van der Waals surface area contributed by atoms with E-state index in [-0.39, 0.29) is 24.0 Å². The summed E-state index contributed by atoms with van der Waals surface area (Å²) >= 11 is 0. The molecule has 24 heavy (non-hydrogen) atoms. The van der Waals surface area contributed by atoms with Gasteiger partial charge in [-0.3, -0.25) is 9.67 Å². The third kappa shape index (κ3) is 5.10. The highest BCUT2D eigenvalue weighted by Gasteiger charge is 2.43. The van der Waals surface area contributed by atoms with Gasteiger partial charge in [0.1, 0.15) is 0 Å². The molecule has 0 aromatic carbocycles. The quantitative estimate of drug-likeness (QED) is 0.429. The number of hydrogen-bond acceptors (Lipinski definition) is 2. The van der Waals surface area contributed by atoms with E-state index in [2.05, 4.69) is 35.5 Å². The van der Waals surface area contributed by atoms with Crippen LogP contribution in [0.15, 0.2) is 17.4 Å². The van der Waals surface area contributed by atoms with E-state index in [0.29, 0.717) is 6.04 Å². The Morgan fingerprint density at radius 2 is 2.12 bits per heavy atom.